The molecule has 0 amide bonds. The Bertz CT molecular complexity index is 612. The molecule has 0 N–H and O–H groups in total. The Morgan fingerprint density at radius 3 is 2.48 bits per heavy atom. The Kier molecular flexibility index (Phi) is 4.35. The number of rotatable bonds is 4. The summed E-state index contributed by atoms with van der Waals surface area (Å²) in [6.45, 7) is 1.97. The largest absolute Gasteiger partial charge is 0.496 e. The van der Waals surface area contributed by atoms with E-state index < -0.39 is 11.7 Å². The molecule has 0 fully saturated rings. The fourth-order valence-electron chi connectivity index (χ4n) is 1.97. The molecule has 0 atom stereocenters. The van der Waals surface area contributed by atoms with Crippen LogP contribution in [0.25, 0.3) is 11.1 Å². The molecule has 0 bridgehead atoms. The zero-order valence-electron chi connectivity index (χ0n) is 11.6. The molecule has 0 unspecified atom stereocenters. The molecule has 0 spiro atoms. The molecule has 1 aromatic heterocycles. The molecule has 0 saturated carbocycles. The third kappa shape index (κ3) is 3.26. The van der Waals surface area contributed by atoms with Gasteiger partial charge in [-0.25, -0.2) is 0 Å². The molecule has 1 heterocycles. The van der Waals surface area contributed by atoms with Crippen LogP contribution in [0, 0.1) is 0 Å². The molecule has 0 saturated heterocycles. The molecule has 3 nitrogen and oxygen atoms in total. The van der Waals surface area contributed by atoms with E-state index in [4.69, 9.17) is 9.47 Å². The molecule has 0 radical (unpaired) electrons. The Morgan fingerprint density at radius 2 is 1.95 bits per heavy atom. The summed E-state index contributed by atoms with van der Waals surface area (Å²) in [4.78, 5) is 3.97. The monoisotopic (exact) mass is 297 g/mol. The highest BCUT2D eigenvalue weighted by molar-refractivity contribution is 5.72. The van der Waals surface area contributed by atoms with Gasteiger partial charge in [-0.2, -0.15) is 13.2 Å². The highest BCUT2D eigenvalue weighted by Gasteiger charge is 2.35. The molecule has 6 heteroatoms. The molecular formula is C15H14F3NO2. The van der Waals surface area contributed by atoms with Gasteiger partial charge in [-0.1, -0.05) is 6.07 Å². The van der Waals surface area contributed by atoms with Crippen LogP contribution in [0.15, 0.2) is 36.7 Å². The van der Waals surface area contributed by atoms with Crippen molar-refractivity contribution in [3.63, 3.8) is 0 Å². The predicted molar refractivity (Wildman–Crippen MR) is 72.4 cm³/mol. The minimum Gasteiger partial charge on any atom is -0.496 e. The van der Waals surface area contributed by atoms with E-state index in [0.29, 0.717) is 11.1 Å². The first-order valence-corrected chi connectivity index (χ1v) is 6.29. The van der Waals surface area contributed by atoms with Crippen molar-refractivity contribution in [2.24, 2.45) is 0 Å². The summed E-state index contributed by atoms with van der Waals surface area (Å²) in [7, 11) is 1.21. The third-order valence-corrected chi connectivity index (χ3v) is 2.88. The lowest BCUT2D eigenvalue weighted by molar-refractivity contribution is -0.138. The average Bonchev–Trinajstić information content (AvgIpc) is 2.47. The first-order chi connectivity index (χ1) is 9.97. The van der Waals surface area contributed by atoms with Gasteiger partial charge in [0.15, 0.2) is 0 Å². The van der Waals surface area contributed by atoms with Crippen molar-refractivity contribution >= 4 is 0 Å². The van der Waals surface area contributed by atoms with Crippen LogP contribution in [-0.4, -0.2) is 18.7 Å². The number of methoxy groups -OCH3 is 1. The zero-order chi connectivity index (χ0) is 15.5. The van der Waals surface area contributed by atoms with E-state index in [9.17, 15) is 13.2 Å². The fraction of sp³-hybridized carbons (Fsp3) is 0.267. The number of benzene rings is 1. The van der Waals surface area contributed by atoms with Crippen molar-refractivity contribution in [3.8, 4) is 22.6 Å². The summed E-state index contributed by atoms with van der Waals surface area (Å²) >= 11 is 0. The highest BCUT2D eigenvalue weighted by atomic mass is 19.4. The summed E-state index contributed by atoms with van der Waals surface area (Å²) in [5.41, 5.74) is 0.309. The van der Waals surface area contributed by atoms with Crippen molar-refractivity contribution in [2.45, 2.75) is 13.1 Å². The van der Waals surface area contributed by atoms with E-state index in [2.05, 4.69) is 4.98 Å². The summed E-state index contributed by atoms with van der Waals surface area (Å²) in [6.07, 6.45) is -1.36. The minimum absolute atomic E-state index is 0.152. The Hall–Kier alpha value is -2.24. The normalized spacial score (nSPS) is 11.3. The van der Waals surface area contributed by atoms with Crippen LogP contribution in [-0.2, 0) is 6.18 Å². The first-order valence-electron chi connectivity index (χ1n) is 6.29. The van der Waals surface area contributed by atoms with E-state index in [1.54, 1.807) is 31.5 Å². The fourth-order valence-corrected chi connectivity index (χ4v) is 1.97. The molecule has 0 aliphatic rings. The molecule has 1 aromatic carbocycles. The summed E-state index contributed by atoms with van der Waals surface area (Å²) in [6, 6.07) is 5.74. The number of hydrogen-bond acceptors (Lipinski definition) is 3. The van der Waals surface area contributed by atoms with Crippen LogP contribution in [0.2, 0.25) is 0 Å². The Balaban J connectivity index is 2.65. The van der Waals surface area contributed by atoms with Crippen molar-refractivity contribution in [3.05, 3.63) is 42.2 Å². The lowest BCUT2D eigenvalue weighted by Crippen LogP contribution is -2.09. The summed E-state index contributed by atoms with van der Waals surface area (Å²) < 4.78 is 49.3. The molecule has 21 heavy (non-hydrogen) atoms. The zero-order valence-corrected chi connectivity index (χ0v) is 11.6. The van der Waals surface area contributed by atoms with Crippen LogP contribution in [0.3, 0.4) is 0 Å². The number of pyridine rings is 1. The molecule has 2 rings (SSSR count). The molecule has 0 aliphatic heterocycles. The van der Waals surface area contributed by atoms with Gasteiger partial charge < -0.3 is 9.47 Å². The summed E-state index contributed by atoms with van der Waals surface area (Å²) in [5, 5.41) is 0. The van der Waals surface area contributed by atoms with E-state index in [1.165, 1.54) is 13.2 Å². The summed E-state index contributed by atoms with van der Waals surface area (Å²) in [5.74, 6) is -0.0940. The van der Waals surface area contributed by atoms with E-state index >= 15 is 0 Å². The number of ether oxygens (including phenoxy) is 2. The SMILES string of the molecule is CCOc1cc(C(F)(F)F)c(OC)cc1-c1cccnc1. The average molecular weight is 297 g/mol. The van der Waals surface area contributed by atoms with Crippen LogP contribution in [0.5, 0.6) is 11.5 Å². The second-order valence-electron chi connectivity index (χ2n) is 4.22. The van der Waals surface area contributed by atoms with Crippen LogP contribution >= 0.6 is 0 Å². The molecular weight excluding hydrogens is 283 g/mol. The van der Waals surface area contributed by atoms with Crippen molar-refractivity contribution in [1.29, 1.82) is 0 Å². The van der Waals surface area contributed by atoms with E-state index in [-0.39, 0.29) is 18.1 Å². The second kappa shape index (κ2) is 6.03. The van der Waals surface area contributed by atoms with Gasteiger partial charge in [-0.3, -0.25) is 4.98 Å². The quantitative estimate of drug-likeness (QED) is 0.848. The van der Waals surface area contributed by atoms with Gasteiger partial charge in [0.05, 0.1) is 13.7 Å². The smallest absolute Gasteiger partial charge is 0.420 e. The van der Waals surface area contributed by atoms with Gasteiger partial charge in [0, 0.05) is 23.5 Å². The Labute approximate surface area is 120 Å². The maximum Gasteiger partial charge on any atom is 0.420 e. The number of nitrogens with zero attached hydrogens (tertiary/aromatic N) is 1. The van der Waals surface area contributed by atoms with Crippen molar-refractivity contribution < 1.29 is 22.6 Å². The molecule has 0 aliphatic carbocycles. The lowest BCUT2D eigenvalue weighted by Gasteiger charge is -2.17. The van der Waals surface area contributed by atoms with Crippen LogP contribution in [0.1, 0.15) is 12.5 Å². The maximum atomic E-state index is 13.0. The number of aromatic nitrogens is 1. The van der Waals surface area contributed by atoms with Crippen LogP contribution in [0.4, 0.5) is 13.2 Å². The van der Waals surface area contributed by atoms with Gasteiger partial charge in [0.2, 0.25) is 0 Å². The minimum atomic E-state index is -4.51. The van der Waals surface area contributed by atoms with Gasteiger partial charge >= 0.3 is 6.18 Å². The number of halogens is 3. The Morgan fingerprint density at radius 1 is 1.19 bits per heavy atom. The van der Waals surface area contributed by atoms with Crippen molar-refractivity contribution in [1.82, 2.24) is 4.98 Å². The third-order valence-electron chi connectivity index (χ3n) is 2.88. The highest BCUT2D eigenvalue weighted by Crippen LogP contribution is 2.43. The van der Waals surface area contributed by atoms with Gasteiger partial charge in [0.1, 0.15) is 17.1 Å². The predicted octanol–water partition coefficient (Wildman–Crippen LogP) is 4.17. The van der Waals surface area contributed by atoms with Gasteiger partial charge in [-0.15, -0.1) is 0 Å². The second-order valence-corrected chi connectivity index (χ2v) is 4.22. The van der Waals surface area contributed by atoms with Crippen molar-refractivity contribution in [2.75, 3.05) is 13.7 Å². The van der Waals surface area contributed by atoms with Gasteiger partial charge in [0.25, 0.3) is 0 Å². The van der Waals surface area contributed by atoms with E-state index in [0.717, 1.165) is 6.07 Å². The maximum absolute atomic E-state index is 13.0. The van der Waals surface area contributed by atoms with E-state index in [1.807, 2.05) is 0 Å². The topological polar surface area (TPSA) is 31.4 Å². The standard InChI is InChI=1S/C15H14F3NO2/c1-3-21-13-8-12(15(16,17)18)14(20-2)7-11(13)10-5-4-6-19-9-10/h4-9H,3H2,1-2H3. The number of alkyl halides is 3. The molecule has 112 valence electrons. The van der Waals surface area contributed by atoms with Gasteiger partial charge in [-0.05, 0) is 25.1 Å². The first kappa shape index (κ1) is 15.2. The van der Waals surface area contributed by atoms with Crippen LogP contribution < -0.4 is 9.47 Å². The number of hydrogen-bond donors (Lipinski definition) is 0. The lowest BCUT2D eigenvalue weighted by atomic mass is 10.0. The molecule has 2 aromatic rings.